The second kappa shape index (κ2) is 16.2. The number of benzene rings is 4. The summed E-state index contributed by atoms with van der Waals surface area (Å²) in [6, 6.07) is 28.2. The maximum atomic E-state index is 14.6. The van der Waals surface area contributed by atoms with Crippen LogP contribution in [0.2, 0.25) is 10.0 Å². The lowest BCUT2D eigenvalue weighted by atomic mass is 9.94. The second-order valence-electron chi connectivity index (χ2n) is 11.6. The van der Waals surface area contributed by atoms with Crippen LogP contribution in [0.1, 0.15) is 43.2 Å². The molecule has 0 aromatic heterocycles. The third-order valence-electron chi connectivity index (χ3n) is 8.24. The zero-order valence-corrected chi connectivity index (χ0v) is 29.6. The summed E-state index contributed by atoms with van der Waals surface area (Å²) >= 11 is 15.9. The molecular formula is C36H36BrCl2N3O4S. The monoisotopic (exact) mass is 755 g/mol. The molecule has 4 aromatic rings. The molecule has 0 radical (unpaired) electrons. The van der Waals surface area contributed by atoms with E-state index in [2.05, 4.69) is 21.2 Å². The number of nitrogens with one attached hydrogen (secondary N) is 1. The SMILES string of the molecule is O=C(NC1CCCCC1)[C@@H](Cc1ccccc1)N(Cc1cccc(Br)c1)C(=O)CN(c1cccc(Cl)c1)S(=O)(=O)c1ccc(Cl)cc1. The molecule has 47 heavy (non-hydrogen) atoms. The van der Waals surface area contributed by atoms with Crippen LogP contribution >= 0.6 is 39.1 Å². The highest BCUT2D eigenvalue weighted by molar-refractivity contribution is 9.10. The number of hydrogen-bond donors (Lipinski definition) is 1. The Balaban J connectivity index is 1.56. The van der Waals surface area contributed by atoms with E-state index in [0.29, 0.717) is 10.0 Å². The van der Waals surface area contributed by atoms with Crippen molar-refractivity contribution in [3.63, 3.8) is 0 Å². The van der Waals surface area contributed by atoms with Crippen molar-refractivity contribution >= 4 is 66.7 Å². The van der Waals surface area contributed by atoms with Crippen molar-refractivity contribution in [2.75, 3.05) is 10.8 Å². The fraction of sp³-hybridized carbons (Fsp3) is 0.278. The van der Waals surface area contributed by atoms with E-state index >= 15 is 0 Å². The zero-order chi connectivity index (χ0) is 33.4. The Labute approximate surface area is 295 Å². The number of hydrogen-bond acceptors (Lipinski definition) is 4. The maximum Gasteiger partial charge on any atom is 0.264 e. The topological polar surface area (TPSA) is 86.8 Å². The molecule has 246 valence electrons. The van der Waals surface area contributed by atoms with Crippen LogP contribution in [0, 0.1) is 0 Å². The largest absolute Gasteiger partial charge is 0.352 e. The summed E-state index contributed by atoms with van der Waals surface area (Å²) in [5, 5.41) is 3.91. The van der Waals surface area contributed by atoms with Crippen molar-refractivity contribution in [1.82, 2.24) is 10.2 Å². The maximum absolute atomic E-state index is 14.6. The highest BCUT2D eigenvalue weighted by atomic mass is 79.9. The van der Waals surface area contributed by atoms with E-state index in [-0.39, 0.29) is 35.5 Å². The van der Waals surface area contributed by atoms with Crippen LogP contribution in [0.25, 0.3) is 0 Å². The average molecular weight is 758 g/mol. The predicted molar refractivity (Wildman–Crippen MR) is 191 cm³/mol. The summed E-state index contributed by atoms with van der Waals surface area (Å²) in [4.78, 5) is 30.3. The van der Waals surface area contributed by atoms with Crippen LogP contribution < -0.4 is 9.62 Å². The average Bonchev–Trinajstić information content (AvgIpc) is 3.06. The van der Waals surface area contributed by atoms with Gasteiger partial charge in [0.15, 0.2) is 0 Å². The van der Waals surface area contributed by atoms with Crippen LogP contribution in [0.5, 0.6) is 0 Å². The second-order valence-corrected chi connectivity index (χ2v) is 15.3. The minimum atomic E-state index is -4.26. The summed E-state index contributed by atoms with van der Waals surface area (Å²) in [7, 11) is -4.26. The van der Waals surface area contributed by atoms with Crippen molar-refractivity contribution in [2.24, 2.45) is 0 Å². The van der Waals surface area contributed by atoms with Gasteiger partial charge in [0, 0.05) is 33.5 Å². The van der Waals surface area contributed by atoms with Gasteiger partial charge in [-0.2, -0.15) is 0 Å². The molecule has 5 rings (SSSR count). The Morgan fingerprint density at radius 1 is 0.809 bits per heavy atom. The molecule has 0 bridgehead atoms. The number of sulfonamides is 1. The van der Waals surface area contributed by atoms with Crippen LogP contribution in [0.4, 0.5) is 5.69 Å². The number of nitrogens with zero attached hydrogens (tertiary/aromatic N) is 2. The molecular weight excluding hydrogens is 721 g/mol. The standard InChI is InChI=1S/C36H36BrCl2N3O4S/c37-28-12-7-11-27(21-28)24-41(34(22-26-9-3-1-4-10-26)36(44)40-31-14-5-2-6-15-31)35(43)25-42(32-16-8-13-30(39)23-32)47(45,46)33-19-17-29(38)18-20-33/h1,3-4,7-13,16-21,23,31,34H,2,5-6,14-15,22,24-25H2,(H,40,44)/t34-/m1/s1. The van der Waals surface area contributed by atoms with Crippen LogP contribution in [-0.4, -0.2) is 43.8 Å². The Morgan fingerprint density at radius 3 is 2.17 bits per heavy atom. The quantitative estimate of drug-likeness (QED) is 0.159. The molecule has 7 nitrogen and oxygen atoms in total. The molecule has 0 heterocycles. The van der Waals surface area contributed by atoms with Gasteiger partial charge in [-0.3, -0.25) is 13.9 Å². The number of carbonyl (C=O) groups is 2. The Morgan fingerprint density at radius 2 is 1.49 bits per heavy atom. The highest BCUT2D eigenvalue weighted by Gasteiger charge is 2.35. The lowest BCUT2D eigenvalue weighted by Crippen LogP contribution is -2.55. The first-order valence-electron chi connectivity index (χ1n) is 15.5. The molecule has 1 saturated carbocycles. The van der Waals surface area contributed by atoms with Gasteiger partial charge in [0.2, 0.25) is 11.8 Å². The molecule has 4 aromatic carbocycles. The van der Waals surface area contributed by atoms with Crippen molar-refractivity contribution in [1.29, 1.82) is 0 Å². The van der Waals surface area contributed by atoms with Crippen LogP contribution in [0.3, 0.4) is 0 Å². The summed E-state index contributed by atoms with van der Waals surface area (Å²) in [6.45, 7) is -0.487. The summed E-state index contributed by atoms with van der Waals surface area (Å²) in [5.41, 5.74) is 1.88. The van der Waals surface area contributed by atoms with E-state index in [1.54, 1.807) is 18.2 Å². The van der Waals surface area contributed by atoms with Crippen LogP contribution in [0.15, 0.2) is 112 Å². The lowest BCUT2D eigenvalue weighted by molar-refractivity contribution is -0.140. The van der Waals surface area contributed by atoms with Crippen molar-refractivity contribution in [3.05, 3.63) is 129 Å². The molecule has 0 spiro atoms. The zero-order valence-electron chi connectivity index (χ0n) is 25.7. The van der Waals surface area contributed by atoms with Gasteiger partial charge in [0.25, 0.3) is 10.0 Å². The number of amides is 2. The minimum Gasteiger partial charge on any atom is -0.352 e. The molecule has 2 amide bonds. The third kappa shape index (κ3) is 9.38. The molecule has 1 aliphatic rings. The molecule has 1 N–H and O–H groups in total. The molecule has 0 unspecified atom stereocenters. The van der Waals surface area contributed by atoms with Gasteiger partial charge in [-0.05, 0) is 78.6 Å². The van der Waals surface area contributed by atoms with Crippen molar-refractivity contribution in [2.45, 2.75) is 62.0 Å². The first-order chi connectivity index (χ1) is 22.6. The lowest BCUT2D eigenvalue weighted by Gasteiger charge is -2.35. The molecule has 0 aliphatic heterocycles. The molecule has 11 heteroatoms. The number of halogens is 3. The molecule has 1 fully saturated rings. The Kier molecular flexibility index (Phi) is 12.0. The smallest absolute Gasteiger partial charge is 0.264 e. The van der Waals surface area contributed by atoms with Gasteiger partial charge >= 0.3 is 0 Å². The van der Waals surface area contributed by atoms with Crippen molar-refractivity contribution in [3.8, 4) is 0 Å². The van der Waals surface area contributed by atoms with Gasteiger partial charge in [-0.25, -0.2) is 8.42 Å². The normalized spacial score (nSPS) is 14.3. The molecule has 0 saturated heterocycles. The van der Waals surface area contributed by atoms with Gasteiger partial charge in [-0.15, -0.1) is 0 Å². The highest BCUT2D eigenvalue weighted by Crippen LogP contribution is 2.28. The Bertz CT molecular complexity index is 1790. The van der Waals surface area contributed by atoms with E-state index in [1.807, 2.05) is 54.6 Å². The number of rotatable bonds is 12. The summed E-state index contributed by atoms with van der Waals surface area (Å²) in [6.07, 6.45) is 5.21. The fourth-order valence-corrected chi connectivity index (χ4v) is 7.99. The van der Waals surface area contributed by atoms with Crippen LogP contribution in [-0.2, 0) is 32.6 Å². The predicted octanol–water partition coefficient (Wildman–Crippen LogP) is 8.04. The summed E-state index contributed by atoms with van der Waals surface area (Å²) < 4.78 is 30.2. The third-order valence-corrected chi connectivity index (χ3v) is 11.0. The van der Waals surface area contributed by atoms with Crippen molar-refractivity contribution < 1.29 is 18.0 Å². The first kappa shape index (κ1) is 35.0. The molecule has 1 atom stereocenters. The van der Waals surface area contributed by atoms with E-state index < -0.39 is 28.5 Å². The number of anilines is 1. The van der Waals surface area contributed by atoms with E-state index in [4.69, 9.17) is 23.2 Å². The van der Waals surface area contributed by atoms with E-state index in [0.717, 1.165) is 52.0 Å². The van der Waals surface area contributed by atoms with Gasteiger partial charge in [0.05, 0.1) is 10.6 Å². The van der Waals surface area contributed by atoms with E-state index in [9.17, 15) is 18.0 Å². The minimum absolute atomic E-state index is 0.0191. The molecule has 1 aliphatic carbocycles. The van der Waals surface area contributed by atoms with E-state index in [1.165, 1.54) is 35.2 Å². The van der Waals surface area contributed by atoms with Gasteiger partial charge < -0.3 is 10.2 Å². The summed E-state index contributed by atoms with van der Waals surface area (Å²) in [5.74, 6) is -0.804. The Hall–Kier alpha value is -3.37. The fourth-order valence-electron chi connectivity index (χ4n) is 5.82. The van der Waals surface area contributed by atoms with Gasteiger partial charge in [-0.1, -0.05) is 107 Å². The number of carbonyl (C=O) groups excluding carboxylic acids is 2. The van der Waals surface area contributed by atoms with Gasteiger partial charge in [0.1, 0.15) is 12.6 Å². The first-order valence-corrected chi connectivity index (χ1v) is 18.5.